The number of aromatic carboxylic acids is 1. The summed E-state index contributed by atoms with van der Waals surface area (Å²) >= 11 is 14.3. The second kappa shape index (κ2) is 8.69. The summed E-state index contributed by atoms with van der Waals surface area (Å²) in [5.41, 5.74) is 1.74. The topological polar surface area (TPSA) is 64.3 Å². The van der Waals surface area contributed by atoms with Gasteiger partial charge < -0.3 is 9.84 Å². The maximum absolute atomic E-state index is 12.0. The van der Waals surface area contributed by atoms with Crippen LogP contribution in [0.25, 0.3) is 16.9 Å². The van der Waals surface area contributed by atoms with Crippen molar-refractivity contribution in [2.24, 2.45) is 0 Å². The number of carboxylic acid groups (broad SMARTS) is 1. The molecule has 0 atom stereocenters. The lowest BCUT2D eigenvalue weighted by Crippen LogP contribution is -2.23. The molecule has 0 spiro atoms. The SMILES string of the molecule is O=C(O)c1nn(-c2ccccc2Cl)c(-c2ccc(Cl)cc2)c1OC1CCSCC1. The van der Waals surface area contributed by atoms with Gasteiger partial charge in [0.05, 0.1) is 10.7 Å². The Hall–Kier alpha value is -2.15. The second-order valence-corrected chi connectivity index (χ2v) is 8.70. The summed E-state index contributed by atoms with van der Waals surface area (Å²) in [4.78, 5) is 12.0. The quantitative estimate of drug-likeness (QED) is 0.532. The first-order valence-corrected chi connectivity index (χ1v) is 11.1. The van der Waals surface area contributed by atoms with Crippen molar-refractivity contribution in [3.63, 3.8) is 0 Å². The van der Waals surface area contributed by atoms with Crippen molar-refractivity contribution < 1.29 is 14.6 Å². The number of para-hydroxylation sites is 1. The van der Waals surface area contributed by atoms with Crippen LogP contribution in [0.5, 0.6) is 5.75 Å². The van der Waals surface area contributed by atoms with E-state index in [0.29, 0.717) is 21.4 Å². The average molecular weight is 449 g/mol. The van der Waals surface area contributed by atoms with E-state index in [2.05, 4.69) is 5.10 Å². The fourth-order valence-electron chi connectivity index (χ4n) is 3.27. The van der Waals surface area contributed by atoms with Crippen LogP contribution >= 0.6 is 35.0 Å². The van der Waals surface area contributed by atoms with Gasteiger partial charge in [0, 0.05) is 10.6 Å². The molecule has 1 aromatic heterocycles. The smallest absolute Gasteiger partial charge is 0.360 e. The van der Waals surface area contributed by atoms with Crippen molar-refractivity contribution in [1.29, 1.82) is 0 Å². The number of thioether (sulfide) groups is 1. The van der Waals surface area contributed by atoms with Crippen molar-refractivity contribution in [3.8, 4) is 22.7 Å². The van der Waals surface area contributed by atoms with E-state index in [4.69, 9.17) is 27.9 Å². The summed E-state index contributed by atoms with van der Waals surface area (Å²) < 4.78 is 7.80. The third kappa shape index (κ3) is 4.25. The molecule has 1 aliphatic rings. The molecule has 0 unspecified atom stereocenters. The number of benzene rings is 2. The number of halogens is 2. The van der Waals surface area contributed by atoms with Gasteiger partial charge in [-0.05, 0) is 48.6 Å². The van der Waals surface area contributed by atoms with E-state index in [1.165, 1.54) is 0 Å². The molecule has 3 aromatic rings. The van der Waals surface area contributed by atoms with E-state index in [1.807, 2.05) is 36.0 Å². The molecule has 0 amide bonds. The van der Waals surface area contributed by atoms with Crippen molar-refractivity contribution in [2.45, 2.75) is 18.9 Å². The summed E-state index contributed by atoms with van der Waals surface area (Å²) in [6.07, 6.45) is 1.67. The van der Waals surface area contributed by atoms with Gasteiger partial charge in [-0.2, -0.15) is 16.9 Å². The average Bonchev–Trinajstić information content (AvgIpc) is 3.09. The van der Waals surface area contributed by atoms with Gasteiger partial charge in [-0.25, -0.2) is 9.48 Å². The summed E-state index contributed by atoms with van der Waals surface area (Å²) in [5.74, 6) is 1.09. The molecule has 150 valence electrons. The predicted molar refractivity (Wildman–Crippen MR) is 117 cm³/mol. The zero-order chi connectivity index (χ0) is 20.4. The van der Waals surface area contributed by atoms with Gasteiger partial charge in [0.25, 0.3) is 0 Å². The first kappa shape index (κ1) is 20.1. The Morgan fingerprint density at radius 3 is 2.45 bits per heavy atom. The summed E-state index contributed by atoms with van der Waals surface area (Å²) in [5, 5.41) is 15.2. The van der Waals surface area contributed by atoms with Crippen molar-refractivity contribution in [1.82, 2.24) is 9.78 Å². The molecule has 2 aromatic carbocycles. The minimum Gasteiger partial charge on any atom is -0.485 e. The molecule has 0 radical (unpaired) electrons. The number of hydrogen-bond donors (Lipinski definition) is 1. The van der Waals surface area contributed by atoms with Crippen LogP contribution in [0.2, 0.25) is 10.0 Å². The van der Waals surface area contributed by atoms with E-state index in [9.17, 15) is 9.90 Å². The third-order valence-electron chi connectivity index (χ3n) is 4.70. The zero-order valence-electron chi connectivity index (χ0n) is 15.3. The standard InChI is InChI=1S/C21H18Cl2N2O3S/c22-14-7-5-13(6-8-14)19-20(28-15-9-11-29-12-10-15)18(21(26)27)24-25(19)17-4-2-1-3-16(17)23/h1-8,15H,9-12H2,(H,26,27). The van der Waals surface area contributed by atoms with Crippen LogP contribution in [-0.4, -0.2) is 38.5 Å². The maximum atomic E-state index is 12.0. The third-order valence-corrected chi connectivity index (χ3v) is 6.32. The van der Waals surface area contributed by atoms with Gasteiger partial charge in [-0.15, -0.1) is 0 Å². The monoisotopic (exact) mass is 448 g/mol. The Kier molecular flexibility index (Phi) is 6.04. The Morgan fingerprint density at radius 2 is 1.79 bits per heavy atom. The number of rotatable bonds is 5. The van der Waals surface area contributed by atoms with E-state index in [1.54, 1.807) is 28.9 Å². The zero-order valence-corrected chi connectivity index (χ0v) is 17.7. The fourth-order valence-corrected chi connectivity index (χ4v) is 4.68. The number of carbonyl (C=O) groups is 1. The Bertz CT molecular complexity index is 1030. The Balaban J connectivity index is 1.92. The molecule has 1 saturated heterocycles. The highest BCUT2D eigenvalue weighted by molar-refractivity contribution is 7.99. The molecule has 0 saturated carbocycles. The molecule has 1 aliphatic heterocycles. The van der Waals surface area contributed by atoms with Gasteiger partial charge in [0.2, 0.25) is 5.69 Å². The highest BCUT2D eigenvalue weighted by Crippen LogP contribution is 2.39. The largest absolute Gasteiger partial charge is 0.485 e. The van der Waals surface area contributed by atoms with Crippen LogP contribution in [0.1, 0.15) is 23.3 Å². The highest BCUT2D eigenvalue weighted by atomic mass is 35.5. The number of aromatic nitrogens is 2. The van der Waals surface area contributed by atoms with Crippen LogP contribution in [-0.2, 0) is 0 Å². The molecule has 1 fully saturated rings. The first-order valence-electron chi connectivity index (χ1n) is 9.16. The number of hydrogen-bond acceptors (Lipinski definition) is 4. The van der Waals surface area contributed by atoms with Gasteiger partial charge in [-0.1, -0.05) is 47.5 Å². The molecular formula is C21H18Cl2N2O3S. The first-order chi connectivity index (χ1) is 14.0. The van der Waals surface area contributed by atoms with Crippen LogP contribution in [0.15, 0.2) is 48.5 Å². The fraction of sp³-hybridized carbons (Fsp3) is 0.238. The minimum atomic E-state index is -1.15. The van der Waals surface area contributed by atoms with Crippen LogP contribution in [0, 0.1) is 0 Å². The number of nitrogens with zero attached hydrogens (tertiary/aromatic N) is 2. The van der Waals surface area contributed by atoms with Crippen molar-refractivity contribution in [3.05, 3.63) is 64.3 Å². The molecule has 1 N–H and O–H groups in total. The lowest BCUT2D eigenvalue weighted by atomic mass is 10.1. The molecule has 0 bridgehead atoms. The predicted octanol–water partition coefficient (Wildman–Crippen LogP) is 5.82. The summed E-state index contributed by atoms with van der Waals surface area (Å²) in [6.45, 7) is 0. The van der Waals surface area contributed by atoms with Gasteiger partial charge in [-0.3, -0.25) is 0 Å². The van der Waals surface area contributed by atoms with Crippen LogP contribution in [0.3, 0.4) is 0 Å². The van der Waals surface area contributed by atoms with E-state index >= 15 is 0 Å². The van der Waals surface area contributed by atoms with Crippen molar-refractivity contribution >= 4 is 40.9 Å². The van der Waals surface area contributed by atoms with Crippen LogP contribution < -0.4 is 4.74 Å². The van der Waals surface area contributed by atoms with E-state index in [-0.39, 0.29) is 17.5 Å². The molecular weight excluding hydrogens is 431 g/mol. The normalized spacial score (nSPS) is 14.7. The van der Waals surface area contributed by atoms with Crippen LogP contribution in [0.4, 0.5) is 0 Å². The lowest BCUT2D eigenvalue weighted by Gasteiger charge is -2.23. The summed E-state index contributed by atoms with van der Waals surface area (Å²) in [6, 6.07) is 14.3. The number of ether oxygens (including phenoxy) is 1. The van der Waals surface area contributed by atoms with Gasteiger partial charge in [0.1, 0.15) is 11.8 Å². The Labute approximate surface area is 182 Å². The van der Waals surface area contributed by atoms with Gasteiger partial charge in [0.15, 0.2) is 5.75 Å². The molecule has 29 heavy (non-hydrogen) atoms. The summed E-state index contributed by atoms with van der Waals surface area (Å²) in [7, 11) is 0. The number of carboxylic acids is 1. The van der Waals surface area contributed by atoms with E-state index in [0.717, 1.165) is 29.9 Å². The lowest BCUT2D eigenvalue weighted by molar-refractivity contribution is 0.0681. The minimum absolute atomic E-state index is 0.0516. The molecule has 4 rings (SSSR count). The molecule has 5 nitrogen and oxygen atoms in total. The maximum Gasteiger partial charge on any atom is 0.360 e. The highest BCUT2D eigenvalue weighted by Gasteiger charge is 2.29. The van der Waals surface area contributed by atoms with Gasteiger partial charge >= 0.3 is 5.97 Å². The Morgan fingerprint density at radius 1 is 1.10 bits per heavy atom. The molecule has 0 aliphatic carbocycles. The van der Waals surface area contributed by atoms with Crippen molar-refractivity contribution in [2.75, 3.05) is 11.5 Å². The molecule has 2 heterocycles. The van der Waals surface area contributed by atoms with E-state index < -0.39 is 5.97 Å². The molecule has 8 heteroatoms. The second-order valence-electron chi connectivity index (χ2n) is 6.63.